The van der Waals surface area contributed by atoms with Crippen molar-refractivity contribution in [3.8, 4) is 5.75 Å². The molecule has 0 radical (unpaired) electrons. The Bertz CT molecular complexity index is 558. The lowest BCUT2D eigenvalue weighted by molar-refractivity contribution is 0.101. The van der Waals surface area contributed by atoms with Gasteiger partial charge in [-0.1, -0.05) is 37.6 Å². The van der Waals surface area contributed by atoms with E-state index < -0.39 is 0 Å². The number of ether oxygens (including phenoxy) is 1. The Morgan fingerprint density at radius 1 is 1.22 bits per heavy atom. The highest BCUT2D eigenvalue weighted by molar-refractivity contribution is 6.00. The number of fused-ring (bicyclic) bond motifs is 1. The van der Waals surface area contributed by atoms with Crippen molar-refractivity contribution in [1.29, 1.82) is 0 Å². The van der Waals surface area contributed by atoms with Crippen LogP contribution in [0.5, 0.6) is 5.75 Å². The van der Waals surface area contributed by atoms with Gasteiger partial charge in [-0.15, -0.1) is 0 Å². The first-order chi connectivity index (χ1) is 8.72. The molecule has 0 saturated carbocycles. The van der Waals surface area contributed by atoms with E-state index in [9.17, 15) is 4.79 Å². The summed E-state index contributed by atoms with van der Waals surface area (Å²) in [5.41, 5.74) is 0.731. The second-order valence-corrected chi connectivity index (χ2v) is 4.45. The fourth-order valence-electron chi connectivity index (χ4n) is 1.92. The number of benzene rings is 2. The van der Waals surface area contributed by atoms with Crippen molar-refractivity contribution in [2.75, 3.05) is 6.61 Å². The minimum atomic E-state index is 0.0836. The fourth-order valence-corrected chi connectivity index (χ4v) is 1.92. The number of hydrogen-bond donors (Lipinski definition) is 0. The number of ketones is 1. The Hall–Kier alpha value is -1.83. The summed E-state index contributed by atoms with van der Waals surface area (Å²) in [6, 6.07) is 11.7. The number of hydrogen-bond acceptors (Lipinski definition) is 2. The molecule has 0 aliphatic rings. The van der Waals surface area contributed by atoms with Gasteiger partial charge in [0.05, 0.1) is 6.61 Å². The van der Waals surface area contributed by atoms with Crippen LogP contribution >= 0.6 is 0 Å². The minimum absolute atomic E-state index is 0.0836. The lowest BCUT2D eigenvalue weighted by Gasteiger charge is -2.09. The maximum atomic E-state index is 11.4. The predicted octanol–water partition coefficient (Wildman–Crippen LogP) is 4.22. The van der Waals surface area contributed by atoms with Gasteiger partial charge in [-0.3, -0.25) is 4.79 Å². The summed E-state index contributed by atoms with van der Waals surface area (Å²) in [6.45, 7) is 4.45. The van der Waals surface area contributed by atoms with Gasteiger partial charge in [-0.05, 0) is 30.9 Å². The number of unbranched alkanes of at least 4 members (excludes halogenated alkanes) is 1. The van der Waals surface area contributed by atoms with E-state index in [-0.39, 0.29) is 5.78 Å². The quantitative estimate of drug-likeness (QED) is 0.579. The van der Waals surface area contributed by atoms with E-state index in [1.807, 2.05) is 36.4 Å². The molecule has 0 heterocycles. The molecule has 94 valence electrons. The van der Waals surface area contributed by atoms with Crippen molar-refractivity contribution >= 4 is 16.6 Å². The molecule has 2 heteroatoms. The predicted molar refractivity (Wildman–Crippen MR) is 74.4 cm³/mol. The number of rotatable bonds is 5. The molecule has 0 bridgehead atoms. The maximum absolute atomic E-state index is 11.4. The normalized spacial score (nSPS) is 10.6. The van der Waals surface area contributed by atoms with E-state index in [0.29, 0.717) is 0 Å². The van der Waals surface area contributed by atoms with Gasteiger partial charge >= 0.3 is 0 Å². The number of carbonyl (C=O) groups excluding carboxylic acids is 1. The molecule has 0 unspecified atom stereocenters. The van der Waals surface area contributed by atoms with Gasteiger partial charge in [-0.2, -0.15) is 0 Å². The minimum Gasteiger partial charge on any atom is -0.493 e. The largest absolute Gasteiger partial charge is 0.493 e. The molecule has 0 amide bonds. The molecule has 2 aromatic carbocycles. The summed E-state index contributed by atoms with van der Waals surface area (Å²) in [5.74, 6) is 0.948. The molecule has 0 aliphatic heterocycles. The average Bonchev–Trinajstić information content (AvgIpc) is 2.38. The Morgan fingerprint density at radius 3 is 2.78 bits per heavy atom. The van der Waals surface area contributed by atoms with Gasteiger partial charge in [0.1, 0.15) is 5.75 Å². The first kappa shape index (κ1) is 12.6. The van der Waals surface area contributed by atoms with Crippen LogP contribution in [0, 0.1) is 0 Å². The summed E-state index contributed by atoms with van der Waals surface area (Å²) in [4.78, 5) is 11.4. The molecule has 2 nitrogen and oxygen atoms in total. The van der Waals surface area contributed by atoms with E-state index in [1.54, 1.807) is 6.92 Å². The third-order valence-electron chi connectivity index (χ3n) is 3.00. The smallest absolute Gasteiger partial charge is 0.159 e. The molecular weight excluding hydrogens is 224 g/mol. The Morgan fingerprint density at radius 2 is 2.06 bits per heavy atom. The van der Waals surface area contributed by atoms with Crippen LogP contribution in [0.2, 0.25) is 0 Å². The summed E-state index contributed by atoms with van der Waals surface area (Å²) in [7, 11) is 0. The Balaban J connectivity index is 2.39. The van der Waals surface area contributed by atoms with E-state index >= 15 is 0 Å². The molecular formula is C16H18O2. The third-order valence-corrected chi connectivity index (χ3v) is 3.00. The molecule has 18 heavy (non-hydrogen) atoms. The zero-order valence-corrected chi connectivity index (χ0v) is 10.9. The molecule has 0 fully saturated rings. The van der Waals surface area contributed by atoms with Crippen LogP contribution in [0.4, 0.5) is 0 Å². The van der Waals surface area contributed by atoms with Gasteiger partial charge in [0.15, 0.2) is 5.78 Å². The molecule has 0 atom stereocenters. The second kappa shape index (κ2) is 5.67. The highest BCUT2D eigenvalue weighted by atomic mass is 16.5. The number of Topliss-reactive ketones (excluding diaryl/α,β-unsaturated/α-hetero) is 1. The fraction of sp³-hybridized carbons (Fsp3) is 0.312. The summed E-state index contributed by atoms with van der Waals surface area (Å²) >= 11 is 0. The molecule has 0 spiro atoms. The first-order valence-corrected chi connectivity index (χ1v) is 6.39. The van der Waals surface area contributed by atoms with Crippen LogP contribution in [0.1, 0.15) is 37.0 Å². The lowest BCUT2D eigenvalue weighted by Crippen LogP contribution is -1.98. The molecule has 2 rings (SSSR count). The van der Waals surface area contributed by atoms with E-state index in [0.717, 1.165) is 41.5 Å². The van der Waals surface area contributed by atoms with Gasteiger partial charge in [-0.25, -0.2) is 0 Å². The van der Waals surface area contributed by atoms with Gasteiger partial charge in [0.2, 0.25) is 0 Å². The molecule has 0 N–H and O–H groups in total. The van der Waals surface area contributed by atoms with Crippen LogP contribution < -0.4 is 4.74 Å². The van der Waals surface area contributed by atoms with Crippen molar-refractivity contribution in [2.24, 2.45) is 0 Å². The highest BCUT2D eigenvalue weighted by Gasteiger charge is 2.05. The van der Waals surface area contributed by atoms with Gasteiger partial charge < -0.3 is 4.74 Å². The SMILES string of the molecule is CCCCOc1cccc2ccc(C(C)=O)cc12. The summed E-state index contributed by atoms with van der Waals surface area (Å²) in [5, 5.41) is 2.12. The van der Waals surface area contributed by atoms with Gasteiger partial charge in [0, 0.05) is 10.9 Å². The van der Waals surface area contributed by atoms with Crippen molar-refractivity contribution < 1.29 is 9.53 Å². The summed E-state index contributed by atoms with van der Waals surface area (Å²) < 4.78 is 5.78. The van der Waals surface area contributed by atoms with Crippen LogP contribution in [0.15, 0.2) is 36.4 Å². The Kier molecular flexibility index (Phi) is 3.98. The maximum Gasteiger partial charge on any atom is 0.159 e. The van der Waals surface area contributed by atoms with E-state index in [2.05, 4.69) is 6.92 Å². The van der Waals surface area contributed by atoms with Crippen LogP contribution in [0.3, 0.4) is 0 Å². The third kappa shape index (κ3) is 2.70. The van der Waals surface area contributed by atoms with Crippen molar-refractivity contribution in [1.82, 2.24) is 0 Å². The van der Waals surface area contributed by atoms with Gasteiger partial charge in [0.25, 0.3) is 0 Å². The van der Waals surface area contributed by atoms with E-state index in [1.165, 1.54) is 0 Å². The zero-order chi connectivity index (χ0) is 13.0. The van der Waals surface area contributed by atoms with E-state index in [4.69, 9.17) is 4.74 Å². The first-order valence-electron chi connectivity index (χ1n) is 6.39. The molecule has 2 aromatic rings. The highest BCUT2D eigenvalue weighted by Crippen LogP contribution is 2.27. The number of carbonyl (C=O) groups is 1. The second-order valence-electron chi connectivity index (χ2n) is 4.45. The topological polar surface area (TPSA) is 26.3 Å². The van der Waals surface area contributed by atoms with Crippen molar-refractivity contribution in [3.63, 3.8) is 0 Å². The van der Waals surface area contributed by atoms with Crippen LogP contribution in [0.25, 0.3) is 10.8 Å². The zero-order valence-electron chi connectivity index (χ0n) is 10.9. The van der Waals surface area contributed by atoms with Crippen LogP contribution in [-0.2, 0) is 0 Å². The van der Waals surface area contributed by atoms with Crippen molar-refractivity contribution in [3.05, 3.63) is 42.0 Å². The lowest BCUT2D eigenvalue weighted by atomic mass is 10.0. The van der Waals surface area contributed by atoms with Crippen LogP contribution in [-0.4, -0.2) is 12.4 Å². The monoisotopic (exact) mass is 242 g/mol. The average molecular weight is 242 g/mol. The van der Waals surface area contributed by atoms with Crippen molar-refractivity contribution in [2.45, 2.75) is 26.7 Å². The summed E-state index contributed by atoms with van der Waals surface area (Å²) in [6.07, 6.45) is 2.16. The molecule has 0 aromatic heterocycles. The molecule has 0 saturated heterocycles. The standard InChI is InChI=1S/C16H18O2/c1-3-4-10-18-16-7-5-6-13-8-9-14(12(2)17)11-15(13)16/h5-9,11H,3-4,10H2,1-2H3. The Labute approximate surface area is 108 Å². The molecule has 0 aliphatic carbocycles.